The van der Waals surface area contributed by atoms with E-state index in [2.05, 4.69) is 91.0 Å². The highest BCUT2D eigenvalue weighted by Gasteiger charge is 2.30. The third-order valence-corrected chi connectivity index (χ3v) is 8.90. The van der Waals surface area contributed by atoms with E-state index in [0.29, 0.717) is 0 Å². The first-order valence-electron chi connectivity index (χ1n) is 16.2. The van der Waals surface area contributed by atoms with Gasteiger partial charge in [-0.05, 0) is 77.0 Å². The Morgan fingerprint density at radius 2 is 1.36 bits per heavy atom. The molecule has 0 aliphatic carbocycles. The molecule has 0 amide bonds. The zero-order valence-electron chi connectivity index (χ0n) is 27.9. The van der Waals surface area contributed by atoms with Gasteiger partial charge in [-0.25, -0.2) is 9.97 Å². The molecule has 0 saturated carbocycles. The van der Waals surface area contributed by atoms with Gasteiger partial charge in [0, 0.05) is 89.6 Å². The van der Waals surface area contributed by atoms with Gasteiger partial charge in [-0.15, -0.1) is 0 Å². The minimum atomic E-state index is -0.0690. The fourth-order valence-corrected chi connectivity index (χ4v) is 5.81. The molecule has 2 aliphatic rings. The fourth-order valence-electron chi connectivity index (χ4n) is 5.81. The van der Waals surface area contributed by atoms with Gasteiger partial charge < -0.3 is 14.5 Å². The van der Waals surface area contributed by atoms with Crippen LogP contribution < -0.4 is 4.90 Å². The predicted octanol–water partition coefficient (Wildman–Crippen LogP) is 4.33. The first-order chi connectivity index (χ1) is 19.8. The predicted molar refractivity (Wildman–Crippen MR) is 172 cm³/mol. The quantitative estimate of drug-likeness (QED) is 0.367. The number of hydrogen-bond donors (Lipinski definition) is 0. The third-order valence-electron chi connectivity index (χ3n) is 8.90. The Hall–Kier alpha value is -2.07. The minimum absolute atomic E-state index is 0.0690. The maximum atomic E-state index is 5.90. The second kappa shape index (κ2) is 14.1. The van der Waals surface area contributed by atoms with Gasteiger partial charge in [0.05, 0.1) is 18.4 Å². The number of hydrogen-bond acceptors (Lipinski definition) is 8. The average molecular weight is 583 g/mol. The number of rotatable bonds is 12. The van der Waals surface area contributed by atoms with E-state index in [-0.39, 0.29) is 16.6 Å². The smallest absolute Gasteiger partial charge is 0.225 e. The van der Waals surface area contributed by atoms with Crippen LogP contribution in [0.25, 0.3) is 0 Å². The summed E-state index contributed by atoms with van der Waals surface area (Å²) in [5, 5.41) is 4.57. The molecule has 2 aromatic rings. The second-order valence-electron chi connectivity index (χ2n) is 14.9. The second-order valence-corrected chi connectivity index (χ2v) is 14.9. The van der Waals surface area contributed by atoms with E-state index in [4.69, 9.17) is 14.7 Å². The van der Waals surface area contributed by atoms with E-state index in [9.17, 15) is 0 Å². The molecule has 0 radical (unpaired) electrons. The fraction of sp³-hybridized carbons (Fsp3) is 0.788. The Bertz CT molecular complexity index is 1070. The standard InChI is InChI=1S/C33H58N8O/c1-31(2,3)29-26-36-41(27-29)13-9-12-37-16-20-40(21-17-37)33(7,8)11-10-28-24-34-30(35-25-28)39-18-14-38(15-19-39)22-23-42-32(4,5)6/h24-27H,9-23H2,1-8H3. The molecular formula is C33H58N8O. The molecule has 4 heterocycles. The molecule has 9 nitrogen and oxygen atoms in total. The lowest BCUT2D eigenvalue weighted by Crippen LogP contribution is -2.54. The summed E-state index contributed by atoms with van der Waals surface area (Å²) < 4.78 is 8.01. The van der Waals surface area contributed by atoms with E-state index in [0.717, 1.165) is 104 Å². The zero-order valence-corrected chi connectivity index (χ0v) is 27.9. The normalized spacial score (nSPS) is 18.6. The average Bonchev–Trinajstić information content (AvgIpc) is 3.42. The van der Waals surface area contributed by atoms with Gasteiger partial charge in [-0.2, -0.15) is 5.10 Å². The Morgan fingerprint density at radius 3 is 1.95 bits per heavy atom. The van der Waals surface area contributed by atoms with Gasteiger partial charge in [0.2, 0.25) is 5.95 Å². The molecule has 42 heavy (non-hydrogen) atoms. The van der Waals surface area contributed by atoms with Crippen LogP contribution in [0.1, 0.15) is 79.4 Å². The summed E-state index contributed by atoms with van der Waals surface area (Å²) >= 11 is 0. The molecule has 236 valence electrons. The lowest BCUT2D eigenvalue weighted by molar-refractivity contribution is -0.0135. The van der Waals surface area contributed by atoms with Crippen molar-refractivity contribution in [3.8, 4) is 0 Å². The third kappa shape index (κ3) is 10.00. The van der Waals surface area contributed by atoms with Crippen molar-refractivity contribution in [1.82, 2.24) is 34.4 Å². The zero-order chi connectivity index (χ0) is 30.4. The number of aromatic nitrogens is 4. The van der Waals surface area contributed by atoms with Crippen molar-refractivity contribution in [2.24, 2.45) is 0 Å². The number of piperazine rings is 2. The Balaban J connectivity index is 1.13. The Labute approximate surface area is 255 Å². The van der Waals surface area contributed by atoms with Crippen molar-refractivity contribution in [3.05, 3.63) is 35.9 Å². The van der Waals surface area contributed by atoms with Crippen LogP contribution in [0.3, 0.4) is 0 Å². The van der Waals surface area contributed by atoms with E-state index in [1.807, 2.05) is 18.6 Å². The van der Waals surface area contributed by atoms with Gasteiger partial charge in [-0.3, -0.25) is 14.5 Å². The van der Waals surface area contributed by atoms with E-state index in [1.165, 1.54) is 11.1 Å². The minimum Gasteiger partial charge on any atom is -0.375 e. The topological polar surface area (TPSA) is 65.8 Å². The lowest BCUT2D eigenvalue weighted by Gasteiger charge is -2.44. The molecule has 0 N–H and O–H groups in total. The molecular weight excluding hydrogens is 524 g/mol. The van der Waals surface area contributed by atoms with Crippen molar-refractivity contribution in [3.63, 3.8) is 0 Å². The van der Waals surface area contributed by atoms with Gasteiger partial charge in [0.25, 0.3) is 0 Å². The number of aryl methyl sites for hydroxylation is 2. The van der Waals surface area contributed by atoms with Crippen LogP contribution >= 0.6 is 0 Å². The molecule has 2 saturated heterocycles. The van der Waals surface area contributed by atoms with Gasteiger partial charge in [-0.1, -0.05) is 20.8 Å². The summed E-state index contributed by atoms with van der Waals surface area (Å²) in [7, 11) is 0. The van der Waals surface area contributed by atoms with Crippen LogP contribution in [-0.4, -0.2) is 118 Å². The number of anilines is 1. The molecule has 0 spiro atoms. The summed E-state index contributed by atoms with van der Waals surface area (Å²) in [6.07, 6.45) is 11.6. The van der Waals surface area contributed by atoms with Gasteiger partial charge in [0.1, 0.15) is 0 Å². The number of nitrogens with zero attached hydrogens (tertiary/aromatic N) is 8. The summed E-state index contributed by atoms with van der Waals surface area (Å²) in [5.41, 5.74) is 2.80. The summed E-state index contributed by atoms with van der Waals surface area (Å²) in [4.78, 5) is 19.6. The van der Waals surface area contributed by atoms with E-state index >= 15 is 0 Å². The highest BCUT2D eigenvalue weighted by molar-refractivity contribution is 5.30. The van der Waals surface area contributed by atoms with Crippen LogP contribution in [0, 0.1) is 0 Å². The van der Waals surface area contributed by atoms with Crippen LogP contribution in [-0.2, 0) is 23.1 Å². The molecule has 2 fully saturated rings. The Morgan fingerprint density at radius 1 is 0.738 bits per heavy atom. The van der Waals surface area contributed by atoms with Crippen LogP contribution in [0.2, 0.25) is 0 Å². The highest BCUT2D eigenvalue weighted by Crippen LogP contribution is 2.24. The van der Waals surface area contributed by atoms with Crippen LogP contribution in [0.15, 0.2) is 24.8 Å². The largest absolute Gasteiger partial charge is 0.375 e. The van der Waals surface area contributed by atoms with Crippen LogP contribution in [0.4, 0.5) is 5.95 Å². The molecule has 0 unspecified atom stereocenters. The van der Waals surface area contributed by atoms with Crippen molar-refractivity contribution in [2.75, 3.05) is 77.0 Å². The van der Waals surface area contributed by atoms with E-state index < -0.39 is 0 Å². The van der Waals surface area contributed by atoms with E-state index in [1.54, 1.807) is 0 Å². The number of ether oxygens (including phenoxy) is 1. The maximum absolute atomic E-state index is 5.90. The summed E-state index contributed by atoms with van der Waals surface area (Å²) in [6.45, 7) is 30.3. The molecule has 9 heteroatoms. The monoisotopic (exact) mass is 582 g/mol. The molecule has 0 aromatic carbocycles. The molecule has 2 aromatic heterocycles. The van der Waals surface area contributed by atoms with Gasteiger partial charge in [0.15, 0.2) is 0 Å². The summed E-state index contributed by atoms with van der Waals surface area (Å²) in [5.74, 6) is 0.863. The first-order valence-corrected chi connectivity index (χ1v) is 16.2. The first kappa shape index (κ1) is 32.8. The molecule has 2 aliphatic heterocycles. The molecule has 4 rings (SSSR count). The van der Waals surface area contributed by atoms with Crippen molar-refractivity contribution < 1.29 is 4.74 Å². The van der Waals surface area contributed by atoms with Crippen LogP contribution in [0.5, 0.6) is 0 Å². The van der Waals surface area contributed by atoms with Gasteiger partial charge >= 0.3 is 0 Å². The SMILES string of the molecule is CC(C)(C)OCCN1CCN(c2ncc(CCC(C)(C)N3CCN(CCCn4cc(C(C)(C)C)cn4)CC3)cn2)CC1. The van der Waals surface area contributed by atoms with Crippen molar-refractivity contribution in [2.45, 2.75) is 97.8 Å². The Kier molecular flexibility index (Phi) is 11.1. The summed E-state index contributed by atoms with van der Waals surface area (Å²) in [6, 6.07) is 0. The lowest BCUT2D eigenvalue weighted by atomic mass is 9.90. The molecule has 0 bridgehead atoms. The van der Waals surface area contributed by atoms with Crippen molar-refractivity contribution in [1.29, 1.82) is 0 Å². The van der Waals surface area contributed by atoms with Crippen molar-refractivity contribution >= 4 is 5.95 Å². The molecule has 0 atom stereocenters. The maximum Gasteiger partial charge on any atom is 0.225 e. The highest BCUT2D eigenvalue weighted by atomic mass is 16.5.